The number of rotatable bonds is 8. The van der Waals surface area contributed by atoms with Crippen molar-refractivity contribution in [3.05, 3.63) is 78.6 Å². The molecule has 2 heterocycles. The summed E-state index contributed by atoms with van der Waals surface area (Å²) in [6.07, 6.45) is 2.49. The predicted molar refractivity (Wildman–Crippen MR) is 118 cm³/mol. The summed E-state index contributed by atoms with van der Waals surface area (Å²) in [5.74, 6) is 0.966. The Morgan fingerprint density at radius 2 is 1.93 bits per heavy atom. The van der Waals surface area contributed by atoms with E-state index >= 15 is 0 Å². The van der Waals surface area contributed by atoms with E-state index in [1.54, 1.807) is 0 Å². The van der Waals surface area contributed by atoms with Crippen LogP contribution in [0.15, 0.2) is 72.4 Å². The number of hydrogen-bond acceptors (Lipinski definition) is 6. The topological polar surface area (TPSA) is 72.7 Å². The fraction of sp³-hybridized carbons (Fsp3) is 0.143. The number of hydrogen-bond donors (Lipinski definition) is 1. The van der Waals surface area contributed by atoms with Gasteiger partial charge >= 0.3 is 0 Å². The molecule has 2 aromatic carbocycles. The van der Waals surface area contributed by atoms with Crippen molar-refractivity contribution in [2.75, 3.05) is 11.1 Å². The molecule has 0 saturated heterocycles. The average molecular weight is 422 g/mol. The average Bonchev–Trinajstić information content (AvgIpc) is 3.31. The lowest BCUT2D eigenvalue weighted by atomic mass is 10.1. The summed E-state index contributed by atoms with van der Waals surface area (Å²) in [6, 6.07) is 17.9. The van der Waals surface area contributed by atoms with Crippen LogP contribution in [-0.4, -0.2) is 31.4 Å². The lowest BCUT2D eigenvalue weighted by molar-refractivity contribution is -0.113. The second-order valence-electron chi connectivity index (χ2n) is 6.28. The van der Waals surface area contributed by atoms with E-state index in [0.717, 1.165) is 21.6 Å². The van der Waals surface area contributed by atoms with Gasteiger partial charge in [0.1, 0.15) is 5.82 Å². The lowest BCUT2D eigenvalue weighted by Gasteiger charge is -2.07. The van der Waals surface area contributed by atoms with Crippen LogP contribution in [0.5, 0.6) is 0 Å². The monoisotopic (exact) mass is 421 g/mol. The number of para-hydroxylation sites is 1. The molecule has 0 spiro atoms. The minimum Gasteiger partial charge on any atom is -0.302 e. The first-order chi connectivity index (χ1) is 14.2. The van der Waals surface area contributed by atoms with E-state index in [2.05, 4.69) is 39.2 Å². The number of amides is 1. The Hall–Kier alpha value is -2.97. The third-order valence-corrected chi connectivity index (χ3v) is 6.10. The summed E-state index contributed by atoms with van der Waals surface area (Å²) < 4.78 is 3.04. The number of thiazole rings is 1. The van der Waals surface area contributed by atoms with E-state index in [0.29, 0.717) is 23.3 Å². The minimum atomic E-state index is -0.119. The standard InChI is InChI=1S/C21H19N5OS2/c1-2-12-26-18(13-15-8-4-3-5-9-15)24-25-21(26)28-14-19(27)23-20-22-16-10-6-7-11-17(16)29-20/h2-11H,1,12-14H2,(H,22,23,27). The van der Waals surface area contributed by atoms with Crippen molar-refractivity contribution in [1.29, 1.82) is 0 Å². The fourth-order valence-electron chi connectivity index (χ4n) is 2.86. The highest BCUT2D eigenvalue weighted by Crippen LogP contribution is 2.26. The van der Waals surface area contributed by atoms with Gasteiger partial charge < -0.3 is 9.88 Å². The van der Waals surface area contributed by atoms with E-state index in [1.807, 2.05) is 53.1 Å². The SMILES string of the molecule is C=CCn1c(Cc2ccccc2)nnc1SCC(=O)Nc1nc2ccccc2s1. The molecule has 29 heavy (non-hydrogen) atoms. The zero-order valence-corrected chi connectivity index (χ0v) is 17.2. The summed E-state index contributed by atoms with van der Waals surface area (Å²) in [6.45, 7) is 4.42. The normalized spacial score (nSPS) is 10.9. The van der Waals surface area contributed by atoms with Crippen LogP contribution in [0.25, 0.3) is 10.2 Å². The van der Waals surface area contributed by atoms with Gasteiger partial charge in [0.2, 0.25) is 5.91 Å². The second-order valence-corrected chi connectivity index (χ2v) is 8.26. The number of anilines is 1. The minimum absolute atomic E-state index is 0.119. The van der Waals surface area contributed by atoms with Gasteiger partial charge in [0, 0.05) is 13.0 Å². The van der Waals surface area contributed by atoms with Crippen LogP contribution in [-0.2, 0) is 17.8 Å². The van der Waals surface area contributed by atoms with Gasteiger partial charge in [-0.15, -0.1) is 16.8 Å². The largest absolute Gasteiger partial charge is 0.302 e. The van der Waals surface area contributed by atoms with Gasteiger partial charge in [-0.1, -0.05) is 71.6 Å². The number of allylic oxidation sites excluding steroid dienone is 1. The molecule has 4 rings (SSSR count). The van der Waals surface area contributed by atoms with Gasteiger partial charge in [0.15, 0.2) is 10.3 Å². The molecule has 0 aliphatic rings. The highest BCUT2D eigenvalue weighted by atomic mass is 32.2. The van der Waals surface area contributed by atoms with Crippen molar-refractivity contribution in [1.82, 2.24) is 19.7 Å². The molecule has 0 atom stereocenters. The van der Waals surface area contributed by atoms with Gasteiger partial charge in [0.05, 0.1) is 16.0 Å². The maximum Gasteiger partial charge on any atom is 0.236 e. The molecule has 0 aliphatic carbocycles. The molecule has 2 aromatic heterocycles. The van der Waals surface area contributed by atoms with E-state index in [-0.39, 0.29) is 11.7 Å². The quantitative estimate of drug-likeness (QED) is 0.337. The Kier molecular flexibility index (Phi) is 6.02. The number of nitrogens with one attached hydrogen (secondary N) is 1. The molecular weight excluding hydrogens is 402 g/mol. The summed E-state index contributed by atoms with van der Waals surface area (Å²) >= 11 is 2.82. The van der Waals surface area contributed by atoms with Gasteiger partial charge in [-0.25, -0.2) is 4.98 Å². The van der Waals surface area contributed by atoms with E-state index in [1.165, 1.54) is 23.1 Å². The smallest absolute Gasteiger partial charge is 0.236 e. The summed E-state index contributed by atoms with van der Waals surface area (Å²) in [4.78, 5) is 16.8. The Morgan fingerprint density at radius 3 is 2.72 bits per heavy atom. The first-order valence-corrected chi connectivity index (χ1v) is 10.9. The van der Waals surface area contributed by atoms with Gasteiger partial charge in [-0.3, -0.25) is 4.79 Å². The third-order valence-electron chi connectivity index (χ3n) is 4.18. The van der Waals surface area contributed by atoms with Crippen molar-refractivity contribution >= 4 is 44.4 Å². The highest BCUT2D eigenvalue weighted by Gasteiger charge is 2.15. The van der Waals surface area contributed by atoms with E-state index in [4.69, 9.17) is 0 Å². The first kappa shape index (κ1) is 19.4. The molecule has 0 unspecified atom stereocenters. The molecule has 6 nitrogen and oxygen atoms in total. The lowest BCUT2D eigenvalue weighted by Crippen LogP contribution is -2.14. The van der Waals surface area contributed by atoms with Crippen molar-refractivity contribution in [2.24, 2.45) is 0 Å². The van der Waals surface area contributed by atoms with Gasteiger partial charge in [0.25, 0.3) is 0 Å². The van der Waals surface area contributed by atoms with E-state index in [9.17, 15) is 4.79 Å². The number of benzene rings is 2. The summed E-state index contributed by atoms with van der Waals surface area (Å²) in [5.41, 5.74) is 2.05. The maximum absolute atomic E-state index is 12.4. The van der Waals surface area contributed by atoms with Crippen molar-refractivity contribution in [3.8, 4) is 0 Å². The van der Waals surface area contributed by atoms with Crippen LogP contribution in [0.4, 0.5) is 5.13 Å². The van der Waals surface area contributed by atoms with Gasteiger partial charge in [-0.05, 0) is 17.7 Å². The number of carbonyl (C=O) groups is 1. The van der Waals surface area contributed by atoms with Crippen LogP contribution in [0, 0.1) is 0 Å². The highest BCUT2D eigenvalue weighted by molar-refractivity contribution is 7.99. The molecular formula is C21H19N5OS2. The Bertz CT molecular complexity index is 1100. The number of thioether (sulfide) groups is 1. The molecule has 146 valence electrons. The van der Waals surface area contributed by atoms with E-state index < -0.39 is 0 Å². The molecule has 1 amide bonds. The number of aromatic nitrogens is 4. The van der Waals surface area contributed by atoms with Crippen LogP contribution >= 0.6 is 23.1 Å². The Morgan fingerprint density at radius 1 is 1.14 bits per heavy atom. The Labute approximate surface area is 176 Å². The summed E-state index contributed by atoms with van der Waals surface area (Å²) in [7, 11) is 0. The first-order valence-electron chi connectivity index (χ1n) is 9.08. The predicted octanol–water partition coefficient (Wildman–Crippen LogP) is 4.40. The molecule has 0 bridgehead atoms. The van der Waals surface area contributed by atoms with Crippen molar-refractivity contribution in [2.45, 2.75) is 18.1 Å². The van der Waals surface area contributed by atoms with Crippen LogP contribution in [0.2, 0.25) is 0 Å². The molecule has 1 N–H and O–H groups in total. The second kappa shape index (κ2) is 9.02. The van der Waals surface area contributed by atoms with Gasteiger partial charge in [-0.2, -0.15) is 0 Å². The molecule has 0 saturated carbocycles. The molecule has 8 heteroatoms. The van der Waals surface area contributed by atoms with Crippen LogP contribution in [0.3, 0.4) is 0 Å². The number of fused-ring (bicyclic) bond motifs is 1. The summed E-state index contributed by atoms with van der Waals surface area (Å²) in [5, 5.41) is 12.8. The zero-order chi connectivity index (χ0) is 20.1. The van der Waals surface area contributed by atoms with Crippen molar-refractivity contribution in [3.63, 3.8) is 0 Å². The third kappa shape index (κ3) is 4.72. The number of carbonyl (C=O) groups excluding carboxylic acids is 1. The van der Waals surface area contributed by atoms with Crippen molar-refractivity contribution < 1.29 is 4.79 Å². The number of nitrogens with zero attached hydrogens (tertiary/aromatic N) is 4. The molecule has 0 radical (unpaired) electrons. The van der Waals surface area contributed by atoms with Crippen LogP contribution in [0.1, 0.15) is 11.4 Å². The Balaban J connectivity index is 1.41. The molecule has 0 aliphatic heterocycles. The molecule has 4 aromatic rings. The zero-order valence-electron chi connectivity index (χ0n) is 15.6. The fourth-order valence-corrected chi connectivity index (χ4v) is 4.51. The molecule has 0 fully saturated rings. The van der Waals surface area contributed by atoms with Crippen LogP contribution < -0.4 is 5.32 Å². The maximum atomic E-state index is 12.4.